The van der Waals surface area contributed by atoms with Crippen molar-refractivity contribution < 1.29 is 31.1 Å². The lowest BCUT2D eigenvalue weighted by atomic mass is 9.96. The van der Waals surface area contributed by atoms with Crippen LogP contribution in [0.1, 0.15) is 25.7 Å². The van der Waals surface area contributed by atoms with Gasteiger partial charge in [-0.2, -0.15) is 26.3 Å². The number of rotatable bonds is 3. The van der Waals surface area contributed by atoms with Crippen molar-refractivity contribution in [2.75, 3.05) is 6.54 Å². The maximum Gasteiger partial charge on any atom is 0.409 e. The van der Waals surface area contributed by atoms with E-state index in [0.717, 1.165) is 0 Å². The normalized spacial score (nSPS) is 19.8. The first-order valence-corrected chi connectivity index (χ1v) is 5.67. The standard InChI is InChI=1S/C10H14F6N2O/c11-9(12,13)6(10(14,15)16)7(19)18-8(5-17)3-1-2-4-8/h6H,1-5,17H2,(H,18,19). The predicted octanol–water partition coefficient (Wildman–Crippen LogP) is 2.11. The Bertz CT molecular complexity index is 318. The highest BCUT2D eigenvalue weighted by Gasteiger charge is 2.61. The van der Waals surface area contributed by atoms with E-state index in [9.17, 15) is 31.1 Å². The van der Waals surface area contributed by atoms with Crippen LogP contribution in [0.25, 0.3) is 0 Å². The monoisotopic (exact) mass is 292 g/mol. The topological polar surface area (TPSA) is 55.1 Å². The summed E-state index contributed by atoms with van der Waals surface area (Å²) in [5.74, 6) is -6.09. The van der Waals surface area contributed by atoms with Gasteiger partial charge in [0, 0.05) is 6.54 Å². The van der Waals surface area contributed by atoms with E-state index in [-0.39, 0.29) is 19.4 Å². The zero-order valence-electron chi connectivity index (χ0n) is 9.87. The minimum Gasteiger partial charge on any atom is -0.349 e. The highest BCUT2D eigenvalue weighted by molar-refractivity contribution is 5.81. The van der Waals surface area contributed by atoms with E-state index in [4.69, 9.17) is 5.73 Å². The summed E-state index contributed by atoms with van der Waals surface area (Å²) in [4.78, 5) is 11.3. The zero-order valence-corrected chi connectivity index (χ0v) is 9.87. The van der Waals surface area contributed by atoms with Gasteiger partial charge in [-0.1, -0.05) is 12.8 Å². The summed E-state index contributed by atoms with van der Waals surface area (Å²) in [6, 6.07) is 0. The number of nitrogens with one attached hydrogen (secondary N) is 1. The number of carbonyl (C=O) groups is 1. The molecule has 9 heteroatoms. The van der Waals surface area contributed by atoms with E-state index in [2.05, 4.69) is 0 Å². The minimum absolute atomic E-state index is 0.179. The molecule has 1 aliphatic carbocycles. The van der Waals surface area contributed by atoms with Crippen molar-refractivity contribution in [3.63, 3.8) is 0 Å². The molecule has 0 aromatic rings. The van der Waals surface area contributed by atoms with Crippen molar-refractivity contribution in [2.24, 2.45) is 11.7 Å². The molecule has 1 saturated carbocycles. The summed E-state index contributed by atoms with van der Waals surface area (Å²) in [6.07, 6.45) is -9.54. The number of amides is 1. The van der Waals surface area contributed by atoms with Crippen molar-refractivity contribution in [3.05, 3.63) is 0 Å². The van der Waals surface area contributed by atoms with Crippen molar-refractivity contribution in [2.45, 2.75) is 43.6 Å². The van der Waals surface area contributed by atoms with E-state index in [0.29, 0.717) is 12.8 Å². The molecule has 1 rings (SSSR count). The smallest absolute Gasteiger partial charge is 0.349 e. The van der Waals surface area contributed by atoms with Crippen LogP contribution in [-0.2, 0) is 4.79 Å². The third-order valence-corrected chi connectivity index (χ3v) is 3.26. The van der Waals surface area contributed by atoms with Crippen LogP contribution in [0.15, 0.2) is 0 Å². The molecule has 3 nitrogen and oxygen atoms in total. The van der Waals surface area contributed by atoms with Crippen LogP contribution in [0.3, 0.4) is 0 Å². The highest BCUT2D eigenvalue weighted by Crippen LogP contribution is 2.40. The summed E-state index contributed by atoms with van der Waals surface area (Å²) in [7, 11) is 0. The maximum atomic E-state index is 12.4. The molecule has 0 aliphatic heterocycles. The molecule has 0 unspecified atom stereocenters. The Kier molecular flexibility index (Phi) is 4.38. The third-order valence-electron chi connectivity index (χ3n) is 3.26. The fourth-order valence-electron chi connectivity index (χ4n) is 2.25. The lowest BCUT2D eigenvalue weighted by Gasteiger charge is -2.32. The number of hydrogen-bond donors (Lipinski definition) is 2. The number of alkyl halides is 6. The second-order valence-corrected chi connectivity index (χ2v) is 4.70. The third kappa shape index (κ3) is 3.74. The number of carbonyl (C=O) groups excluding carboxylic acids is 1. The summed E-state index contributed by atoms with van der Waals surface area (Å²) < 4.78 is 74.1. The molecular weight excluding hydrogens is 278 g/mol. The van der Waals surface area contributed by atoms with Gasteiger partial charge in [0.2, 0.25) is 11.8 Å². The van der Waals surface area contributed by atoms with Gasteiger partial charge in [0.05, 0.1) is 5.54 Å². The average Bonchev–Trinajstić information content (AvgIpc) is 2.61. The van der Waals surface area contributed by atoms with E-state index >= 15 is 0 Å². The Balaban J connectivity index is 2.90. The minimum atomic E-state index is -5.67. The van der Waals surface area contributed by atoms with Gasteiger partial charge in [-0.3, -0.25) is 4.79 Å². The fourth-order valence-corrected chi connectivity index (χ4v) is 2.25. The predicted molar refractivity (Wildman–Crippen MR) is 54.0 cm³/mol. The molecule has 112 valence electrons. The molecule has 0 atom stereocenters. The number of hydrogen-bond acceptors (Lipinski definition) is 2. The average molecular weight is 292 g/mol. The molecule has 0 bridgehead atoms. The van der Waals surface area contributed by atoms with Gasteiger partial charge in [-0.25, -0.2) is 0 Å². The van der Waals surface area contributed by atoms with Crippen LogP contribution in [0.5, 0.6) is 0 Å². The lowest BCUT2D eigenvalue weighted by molar-refractivity contribution is -0.274. The van der Waals surface area contributed by atoms with E-state index in [1.165, 1.54) is 0 Å². The fraction of sp³-hybridized carbons (Fsp3) is 0.900. The first kappa shape index (κ1) is 16.1. The van der Waals surface area contributed by atoms with Crippen molar-refractivity contribution in [1.29, 1.82) is 0 Å². The molecule has 1 amide bonds. The van der Waals surface area contributed by atoms with Gasteiger partial charge in [0.1, 0.15) is 0 Å². The van der Waals surface area contributed by atoms with Gasteiger partial charge < -0.3 is 11.1 Å². The second kappa shape index (κ2) is 5.18. The molecule has 1 fully saturated rings. The Morgan fingerprint density at radius 3 is 1.84 bits per heavy atom. The summed E-state index contributed by atoms with van der Waals surface area (Å²) in [5.41, 5.74) is 4.21. The van der Waals surface area contributed by atoms with Crippen LogP contribution >= 0.6 is 0 Å². The van der Waals surface area contributed by atoms with Crippen LogP contribution in [0.4, 0.5) is 26.3 Å². The molecule has 0 aromatic carbocycles. The summed E-state index contributed by atoms with van der Waals surface area (Å²) in [6.45, 7) is -0.179. The number of halogens is 6. The first-order chi connectivity index (χ1) is 8.52. The summed E-state index contributed by atoms with van der Waals surface area (Å²) >= 11 is 0. The van der Waals surface area contributed by atoms with Crippen LogP contribution in [-0.4, -0.2) is 30.3 Å². The summed E-state index contributed by atoms with van der Waals surface area (Å²) in [5, 5.41) is 1.85. The zero-order chi connectivity index (χ0) is 14.9. The van der Waals surface area contributed by atoms with Crippen LogP contribution in [0, 0.1) is 5.92 Å². The van der Waals surface area contributed by atoms with Crippen molar-refractivity contribution >= 4 is 5.91 Å². The molecule has 0 radical (unpaired) electrons. The van der Waals surface area contributed by atoms with Gasteiger partial charge in [-0.15, -0.1) is 0 Å². The Labute approximate surface area is 105 Å². The Hall–Kier alpha value is -0.990. The molecular formula is C10H14F6N2O. The Morgan fingerprint density at radius 1 is 1.11 bits per heavy atom. The van der Waals surface area contributed by atoms with Gasteiger partial charge in [0.25, 0.3) is 0 Å². The molecule has 0 spiro atoms. The van der Waals surface area contributed by atoms with E-state index in [1.54, 1.807) is 0 Å². The molecule has 0 heterocycles. The van der Waals surface area contributed by atoms with Gasteiger partial charge >= 0.3 is 12.4 Å². The maximum absolute atomic E-state index is 12.4. The molecule has 1 aliphatic rings. The number of nitrogens with two attached hydrogens (primary N) is 1. The van der Waals surface area contributed by atoms with Crippen molar-refractivity contribution in [1.82, 2.24) is 5.32 Å². The lowest BCUT2D eigenvalue weighted by Crippen LogP contribution is -2.57. The molecule has 19 heavy (non-hydrogen) atoms. The SMILES string of the molecule is NCC1(NC(=O)C(C(F)(F)F)C(F)(F)F)CCCC1. The van der Waals surface area contributed by atoms with Crippen LogP contribution < -0.4 is 11.1 Å². The van der Waals surface area contributed by atoms with Crippen molar-refractivity contribution in [3.8, 4) is 0 Å². The largest absolute Gasteiger partial charge is 0.409 e. The van der Waals surface area contributed by atoms with Crippen LogP contribution in [0.2, 0.25) is 0 Å². The van der Waals surface area contributed by atoms with E-state index in [1.807, 2.05) is 5.32 Å². The Morgan fingerprint density at radius 2 is 1.53 bits per heavy atom. The second-order valence-electron chi connectivity index (χ2n) is 4.70. The highest BCUT2D eigenvalue weighted by atomic mass is 19.4. The van der Waals surface area contributed by atoms with Gasteiger partial charge in [0.15, 0.2) is 0 Å². The van der Waals surface area contributed by atoms with Gasteiger partial charge in [-0.05, 0) is 12.8 Å². The molecule has 0 saturated heterocycles. The molecule has 3 N–H and O–H groups in total. The quantitative estimate of drug-likeness (QED) is 0.783. The van der Waals surface area contributed by atoms with E-state index < -0.39 is 29.7 Å². The first-order valence-electron chi connectivity index (χ1n) is 5.67. The molecule has 0 aromatic heterocycles.